The molecule has 41 heavy (non-hydrogen) atoms. The van der Waals surface area contributed by atoms with Crippen molar-refractivity contribution in [2.45, 2.75) is 13.1 Å². The molecule has 1 aliphatic heterocycles. The average Bonchev–Trinajstić information content (AvgIpc) is 3.25. The molecule has 1 aromatic heterocycles. The van der Waals surface area contributed by atoms with Crippen molar-refractivity contribution in [2.75, 3.05) is 0 Å². The van der Waals surface area contributed by atoms with Crippen LogP contribution in [0, 0.1) is 0 Å². The number of fused-ring (bicyclic) bond motifs is 5. The first kappa shape index (κ1) is 24.0. The molecule has 0 amide bonds. The summed E-state index contributed by atoms with van der Waals surface area (Å²) in [5.74, 6) is 0.804. The molecule has 6 aromatic carbocycles. The molecular formula is C38H28N2Si. The van der Waals surface area contributed by atoms with E-state index >= 15 is 0 Å². The van der Waals surface area contributed by atoms with Gasteiger partial charge in [-0.2, -0.15) is 0 Å². The first-order chi connectivity index (χ1) is 20.1. The van der Waals surface area contributed by atoms with Gasteiger partial charge in [-0.15, -0.1) is 0 Å². The van der Waals surface area contributed by atoms with Crippen molar-refractivity contribution in [3.8, 4) is 44.9 Å². The molecule has 0 spiro atoms. The van der Waals surface area contributed by atoms with Crippen LogP contribution in [-0.2, 0) is 0 Å². The van der Waals surface area contributed by atoms with Crippen molar-refractivity contribution in [3.63, 3.8) is 0 Å². The van der Waals surface area contributed by atoms with Gasteiger partial charge in [0.15, 0.2) is 5.82 Å². The second-order valence-electron chi connectivity index (χ2n) is 11.5. The minimum Gasteiger partial charge on any atom is -0.237 e. The Hall–Kier alpha value is -4.86. The van der Waals surface area contributed by atoms with Gasteiger partial charge in [-0.1, -0.05) is 134 Å². The summed E-state index contributed by atoms with van der Waals surface area (Å²) in [5.41, 5.74) is 8.11. The van der Waals surface area contributed by atoms with Gasteiger partial charge in [-0.05, 0) is 55.6 Å². The number of benzene rings is 6. The van der Waals surface area contributed by atoms with E-state index in [0.717, 1.165) is 22.6 Å². The molecule has 0 aliphatic carbocycles. The molecule has 194 valence electrons. The maximum absolute atomic E-state index is 5.45. The summed E-state index contributed by atoms with van der Waals surface area (Å²) in [6.07, 6.45) is 0. The largest absolute Gasteiger partial charge is 0.237 e. The lowest BCUT2D eigenvalue weighted by Crippen LogP contribution is -2.51. The van der Waals surface area contributed by atoms with Crippen LogP contribution in [0.2, 0.25) is 13.1 Å². The van der Waals surface area contributed by atoms with E-state index in [1.54, 1.807) is 0 Å². The highest BCUT2D eigenvalue weighted by molar-refractivity contribution is 7.03. The lowest BCUT2D eigenvalue weighted by atomic mass is 9.95. The van der Waals surface area contributed by atoms with Crippen LogP contribution >= 0.6 is 0 Å². The Morgan fingerprint density at radius 1 is 0.488 bits per heavy atom. The Morgan fingerprint density at radius 3 is 1.95 bits per heavy atom. The van der Waals surface area contributed by atoms with Gasteiger partial charge in [0.2, 0.25) is 0 Å². The molecule has 8 rings (SSSR count). The molecule has 0 saturated carbocycles. The second-order valence-corrected chi connectivity index (χ2v) is 15.7. The van der Waals surface area contributed by atoms with Gasteiger partial charge in [0, 0.05) is 22.0 Å². The van der Waals surface area contributed by atoms with Crippen LogP contribution in [0.25, 0.3) is 66.4 Å². The highest BCUT2D eigenvalue weighted by atomic mass is 28.3. The van der Waals surface area contributed by atoms with E-state index in [9.17, 15) is 0 Å². The standard InChI is InChI=1S/C38H28N2Si/c1-41(2)34-24-29-16-7-6-15-28(29)23-33(34)35-36(30-19-10-18-27(22-30)25-12-4-3-5-13-25)39-37(40-38(35)41)32-21-11-17-26-14-8-9-20-31(26)32/h3-24H,1-2H3. The van der Waals surface area contributed by atoms with Crippen LogP contribution in [0.4, 0.5) is 0 Å². The number of rotatable bonds is 3. The van der Waals surface area contributed by atoms with Crippen molar-refractivity contribution in [1.82, 2.24) is 9.97 Å². The van der Waals surface area contributed by atoms with E-state index < -0.39 is 8.07 Å². The van der Waals surface area contributed by atoms with Crippen LogP contribution < -0.4 is 10.5 Å². The maximum Gasteiger partial charge on any atom is 0.160 e. The van der Waals surface area contributed by atoms with Crippen LogP contribution in [0.1, 0.15) is 0 Å². The van der Waals surface area contributed by atoms with Gasteiger partial charge in [0.05, 0.1) is 5.69 Å². The normalized spacial score (nSPS) is 13.3. The predicted molar refractivity (Wildman–Crippen MR) is 176 cm³/mol. The summed E-state index contributed by atoms with van der Waals surface area (Å²) < 4.78 is 0. The van der Waals surface area contributed by atoms with Crippen molar-refractivity contribution in [3.05, 3.63) is 133 Å². The quantitative estimate of drug-likeness (QED) is 0.210. The van der Waals surface area contributed by atoms with Crippen LogP contribution in [0.5, 0.6) is 0 Å². The van der Waals surface area contributed by atoms with E-state index in [1.807, 2.05) is 0 Å². The SMILES string of the molecule is C[Si]1(C)c2cc3ccccc3cc2-c2c(-c3cccc(-c4ccccc4)c3)nc(-c3cccc4ccccc34)nc21. The summed E-state index contributed by atoms with van der Waals surface area (Å²) in [6.45, 7) is 4.88. The zero-order chi connectivity index (χ0) is 27.6. The van der Waals surface area contributed by atoms with Gasteiger partial charge < -0.3 is 0 Å². The lowest BCUT2D eigenvalue weighted by Gasteiger charge is -2.19. The van der Waals surface area contributed by atoms with Gasteiger partial charge in [0.1, 0.15) is 8.07 Å². The van der Waals surface area contributed by atoms with Crippen molar-refractivity contribution < 1.29 is 0 Å². The molecule has 0 N–H and O–H groups in total. The minimum absolute atomic E-state index is 0.804. The third kappa shape index (κ3) is 3.77. The molecule has 0 bridgehead atoms. The molecule has 0 radical (unpaired) electrons. The summed E-state index contributed by atoms with van der Waals surface area (Å²) in [5, 5.41) is 7.59. The van der Waals surface area contributed by atoms with Crippen molar-refractivity contribution >= 4 is 40.1 Å². The topological polar surface area (TPSA) is 25.8 Å². The smallest absolute Gasteiger partial charge is 0.160 e. The number of aromatic nitrogens is 2. The van der Waals surface area contributed by atoms with Crippen LogP contribution in [0.3, 0.4) is 0 Å². The van der Waals surface area contributed by atoms with E-state index in [-0.39, 0.29) is 0 Å². The van der Waals surface area contributed by atoms with Crippen LogP contribution in [-0.4, -0.2) is 18.0 Å². The fourth-order valence-corrected chi connectivity index (χ4v) is 9.39. The Kier molecular flexibility index (Phi) is 5.31. The Balaban J connectivity index is 1.45. The molecule has 2 nitrogen and oxygen atoms in total. The van der Waals surface area contributed by atoms with Crippen molar-refractivity contribution in [1.29, 1.82) is 0 Å². The summed E-state index contributed by atoms with van der Waals surface area (Å²) in [7, 11) is -2.12. The van der Waals surface area contributed by atoms with Crippen molar-refractivity contribution in [2.24, 2.45) is 0 Å². The highest BCUT2D eigenvalue weighted by Gasteiger charge is 2.42. The first-order valence-electron chi connectivity index (χ1n) is 14.2. The Morgan fingerprint density at radius 2 is 1.12 bits per heavy atom. The molecule has 0 saturated heterocycles. The Bertz CT molecular complexity index is 2120. The molecular weight excluding hydrogens is 513 g/mol. The molecule has 7 aromatic rings. The molecule has 0 atom stereocenters. The third-order valence-electron chi connectivity index (χ3n) is 8.60. The zero-order valence-corrected chi connectivity index (χ0v) is 24.1. The molecule has 1 aliphatic rings. The van der Waals surface area contributed by atoms with E-state index in [1.165, 1.54) is 54.3 Å². The third-order valence-corrected chi connectivity index (χ3v) is 11.9. The number of nitrogens with zero attached hydrogens (tertiary/aromatic N) is 2. The summed E-state index contributed by atoms with van der Waals surface area (Å²) in [4.78, 5) is 10.9. The first-order valence-corrected chi connectivity index (χ1v) is 17.2. The van der Waals surface area contributed by atoms with E-state index in [2.05, 4.69) is 147 Å². The fraction of sp³-hybridized carbons (Fsp3) is 0.0526. The summed E-state index contributed by atoms with van der Waals surface area (Å²) in [6, 6.07) is 47.9. The van der Waals surface area contributed by atoms with Crippen LogP contribution in [0.15, 0.2) is 133 Å². The lowest BCUT2D eigenvalue weighted by molar-refractivity contribution is 1.21. The zero-order valence-electron chi connectivity index (χ0n) is 23.1. The second kappa shape index (κ2) is 9.08. The van der Waals surface area contributed by atoms with E-state index in [4.69, 9.17) is 9.97 Å². The molecule has 0 fully saturated rings. The monoisotopic (exact) mass is 540 g/mol. The highest BCUT2D eigenvalue weighted by Crippen LogP contribution is 2.39. The molecule has 0 unspecified atom stereocenters. The van der Waals surface area contributed by atoms with Gasteiger partial charge in [0.25, 0.3) is 0 Å². The Labute approximate surface area is 241 Å². The summed E-state index contributed by atoms with van der Waals surface area (Å²) >= 11 is 0. The number of hydrogen-bond donors (Lipinski definition) is 0. The number of hydrogen-bond acceptors (Lipinski definition) is 2. The fourth-order valence-electron chi connectivity index (χ4n) is 6.49. The van der Waals surface area contributed by atoms with Gasteiger partial charge in [-0.3, -0.25) is 0 Å². The maximum atomic E-state index is 5.45. The molecule has 2 heterocycles. The van der Waals surface area contributed by atoms with Gasteiger partial charge in [-0.25, -0.2) is 9.97 Å². The molecule has 3 heteroatoms. The van der Waals surface area contributed by atoms with E-state index in [0.29, 0.717) is 0 Å². The minimum atomic E-state index is -2.12. The average molecular weight is 541 g/mol. The predicted octanol–water partition coefficient (Wildman–Crippen LogP) is 8.59. The van der Waals surface area contributed by atoms with Gasteiger partial charge >= 0.3 is 0 Å².